The van der Waals surface area contributed by atoms with Crippen molar-refractivity contribution in [2.75, 3.05) is 6.61 Å². The number of Topliss-reactive ketones (excluding diaryl/α,β-unsaturated/α-hetero) is 1. The molecule has 1 heterocycles. The fraction of sp³-hybridized carbons (Fsp3) is 0.0588. The molecule has 0 unspecified atom stereocenters. The summed E-state index contributed by atoms with van der Waals surface area (Å²) in [5.41, 5.74) is 1.30. The van der Waals surface area contributed by atoms with Gasteiger partial charge in [-0.15, -0.1) is 0 Å². The number of halogens is 1. The fourth-order valence-corrected chi connectivity index (χ4v) is 2.29. The van der Waals surface area contributed by atoms with Crippen LogP contribution in [0.3, 0.4) is 0 Å². The maximum Gasteiger partial charge on any atom is 0.201 e. The summed E-state index contributed by atoms with van der Waals surface area (Å²) in [5.74, 6) is 0.461. The Morgan fingerprint density at radius 1 is 1.10 bits per heavy atom. The molecule has 0 N–H and O–H groups in total. The smallest absolute Gasteiger partial charge is 0.201 e. The maximum absolute atomic E-state index is 12.1. The lowest BCUT2D eigenvalue weighted by Gasteiger charge is -2.07. The third kappa shape index (κ3) is 3.03. The molecule has 2 aromatic carbocycles. The number of hydrogen-bond donors (Lipinski definition) is 0. The van der Waals surface area contributed by atoms with Crippen LogP contribution in [0.5, 0.6) is 5.75 Å². The lowest BCUT2D eigenvalue weighted by atomic mass is 10.1. The van der Waals surface area contributed by atoms with Gasteiger partial charge >= 0.3 is 0 Å². The van der Waals surface area contributed by atoms with E-state index in [9.17, 15) is 4.79 Å². The van der Waals surface area contributed by atoms with Gasteiger partial charge in [0.2, 0.25) is 5.78 Å². The largest absolute Gasteiger partial charge is 0.485 e. The van der Waals surface area contributed by atoms with Crippen LogP contribution in [0, 0.1) is 0 Å². The number of rotatable bonds is 4. The summed E-state index contributed by atoms with van der Waals surface area (Å²) in [4.78, 5) is 16.3. The highest BCUT2D eigenvalue weighted by atomic mass is 35.5. The van der Waals surface area contributed by atoms with Crippen LogP contribution in [-0.4, -0.2) is 17.4 Å². The van der Waals surface area contributed by atoms with Crippen LogP contribution < -0.4 is 4.74 Å². The molecular weight excluding hydrogens is 286 g/mol. The number of aromatic nitrogens is 1. The zero-order valence-corrected chi connectivity index (χ0v) is 11.9. The molecule has 0 fully saturated rings. The Labute approximate surface area is 127 Å². The first-order valence-corrected chi connectivity index (χ1v) is 6.87. The number of ketones is 1. The Hall–Kier alpha value is -2.39. The number of benzene rings is 2. The van der Waals surface area contributed by atoms with Crippen LogP contribution in [0.25, 0.3) is 10.9 Å². The van der Waals surface area contributed by atoms with E-state index in [2.05, 4.69) is 4.98 Å². The topological polar surface area (TPSA) is 39.2 Å². The van der Waals surface area contributed by atoms with E-state index in [0.29, 0.717) is 16.3 Å². The van der Waals surface area contributed by atoms with Crippen molar-refractivity contribution in [1.29, 1.82) is 0 Å². The average Bonchev–Trinajstić information content (AvgIpc) is 2.53. The minimum Gasteiger partial charge on any atom is -0.485 e. The van der Waals surface area contributed by atoms with Gasteiger partial charge in [0.1, 0.15) is 5.75 Å². The maximum atomic E-state index is 12.1. The van der Waals surface area contributed by atoms with Crippen molar-refractivity contribution < 1.29 is 9.53 Å². The highest BCUT2D eigenvalue weighted by Gasteiger charge is 2.10. The van der Waals surface area contributed by atoms with E-state index >= 15 is 0 Å². The van der Waals surface area contributed by atoms with Gasteiger partial charge in [0.15, 0.2) is 6.61 Å². The molecule has 21 heavy (non-hydrogen) atoms. The Bertz CT molecular complexity index is 801. The molecule has 4 heteroatoms. The van der Waals surface area contributed by atoms with Gasteiger partial charge in [0, 0.05) is 23.2 Å². The molecule has 0 aliphatic carbocycles. The third-order valence-corrected chi connectivity index (χ3v) is 3.45. The third-order valence-electron chi connectivity index (χ3n) is 3.12. The molecule has 0 radical (unpaired) electrons. The van der Waals surface area contributed by atoms with Gasteiger partial charge in [-0.1, -0.05) is 29.8 Å². The highest BCUT2D eigenvalue weighted by molar-refractivity contribution is 6.34. The summed E-state index contributed by atoms with van der Waals surface area (Å²) in [6.07, 6.45) is 1.72. The van der Waals surface area contributed by atoms with E-state index in [1.165, 1.54) is 0 Å². The second kappa shape index (κ2) is 5.94. The Balaban J connectivity index is 1.74. The summed E-state index contributed by atoms with van der Waals surface area (Å²) in [6, 6.07) is 16.3. The predicted octanol–water partition coefficient (Wildman–Crippen LogP) is 4.15. The van der Waals surface area contributed by atoms with Crippen LogP contribution in [-0.2, 0) is 0 Å². The van der Waals surface area contributed by atoms with Gasteiger partial charge in [0.25, 0.3) is 0 Å². The number of carbonyl (C=O) groups is 1. The average molecular weight is 298 g/mol. The minimum absolute atomic E-state index is 0.0535. The van der Waals surface area contributed by atoms with Crippen LogP contribution in [0.15, 0.2) is 60.8 Å². The van der Waals surface area contributed by atoms with Crippen LogP contribution in [0.2, 0.25) is 5.02 Å². The standard InChI is InChI=1S/C17H12ClNO2/c18-15-6-2-1-5-14(15)17(20)11-21-13-8-7-12-4-3-9-19-16(12)10-13/h1-10H,11H2. The Kier molecular flexibility index (Phi) is 3.84. The SMILES string of the molecule is O=C(COc1ccc2cccnc2c1)c1ccccc1Cl. The molecule has 1 aromatic heterocycles. The molecule has 0 amide bonds. The quantitative estimate of drug-likeness (QED) is 0.679. The molecule has 0 saturated carbocycles. The van der Waals surface area contributed by atoms with Crippen molar-refractivity contribution in [2.45, 2.75) is 0 Å². The van der Waals surface area contributed by atoms with E-state index in [-0.39, 0.29) is 12.4 Å². The zero-order chi connectivity index (χ0) is 14.7. The second-order valence-corrected chi connectivity index (χ2v) is 4.96. The van der Waals surface area contributed by atoms with Gasteiger partial charge in [-0.25, -0.2) is 0 Å². The molecule has 3 nitrogen and oxygen atoms in total. The van der Waals surface area contributed by atoms with Crippen molar-refractivity contribution >= 4 is 28.3 Å². The molecule has 3 rings (SSSR count). The lowest BCUT2D eigenvalue weighted by molar-refractivity contribution is 0.0922. The summed E-state index contributed by atoms with van der Waals surface area (Å²) >= 11 is 5.99. The van der Waals surface area contributed by atoms with Crippen molar-refractivity contribution in [3.63, 3.8) is 0 Å². The lowest BCUT2D eigenvalue weighted by Crippen LogP contribution is -2.12. The molecule has 0 saturated heterocycles. The highest BCUT2D eigenvalue weighted by Crippen LogP contribution is 2.20. The molecule has 104 valence electrons. The Morgan fingerprint density at radius 2 is 1.95 bits per heavy atom. The first kappa shape index (κ1) is 13.6. The molecule has 0 aliphatic rings. The van der Waals surface area contributed by atoms with Crippen LogP contribution >= 0.6 is 11.6 Å². The van der Waals surface area contributed by atoms with E-state index in [1.54, 1.807) is 30.5 Å². The number of hydrogen-bond acceptors (Lipinski definition) is 3. The summed E-state index contributed by atoms with van der Waals surface area (Å²) in [5, 5.41) is 1.47. The van der Waals surface area contributed by atoms with E-state index < -0.39 is 0 Å². The fourth-order valence-electron chi connectivity index (χ4n) is 2.05. The summed E-state index contributed by atoms with van der Waals surface area (Å²) in [7, 11) is 0. The number of pyridine rings is 1. The van der Waals surface area contributed by atoms with Crippen molar-refractivity contribution in [1.82, 2.24) is 4.98 Å². The molecule has 3 aromatic rings. The second-order valence-electron chi connectivity index (χ2n) is 4.55. The van der Waals surface area contributed by atoms with Crippen LogP contribution in [0.1, 0.15) is 10.4 Å². The van der Waals surface area contributed by atoms with E-state index in [1.807, 2.05) is 30.3 Å². The number of carbonyl (C=O) groups excluding carboxylic acids is 1. The van der Waals surface area contributed by atoms with Crippen molar-refractivity contribution in [3.05, 3.63) is 71.4 Å². The Morgan fingerprint density at radius 3 is 2.81 bits per heavy atom. The molecule has 0 bridgehead atoms. The van der Waals surface area contributed by atoms with Gasteiger partial charge in [-0.05, 0) is 30.3 Å². The van der Waals surface area contributed by atoms with Gasteiger partial charge in [-0.3, -0.25) is 9.78 Å². The number of ether oxygens (including phenoxy) is 1. The van der Waals surface area contributed by atoms with E-state index in [0.717, 1.165) is 10.9 Å². The zero-order valence-electron chi connectivity index (χ0n) is 11.1. The molecule has 0 spiro atoms. The van der Waals surface area contributed by atoms with Crippen molar-refractivity contribution in [3.8, 4) is 5.75 Å². The molecular formula is C17H12ClNO2. The predicted molar refractivity (Wildman–Crippen MR) is 83.0 cm³/mol. The summed E-state index contributed by atoms with van der Waals surface area (Å²) < 4.78 is 5.54. The van der Waals surface area contributed by atoms with Crippen LogP contribution in [0.4, 0.5) is 0 Å². The van der Waals surface area contributed by atoms with E-state index in [4.69, 9.17) is 16.3 Å². The first-order chi connectivity index (χ1) is 10.2. The normalized spacial score (nSPS) is 10.5. The minimum atomic E-state index is -0.151. The number of nitrogens with zero attached hydrogens (tertiary/aromatic N) is 1. The van der Waals surface area contributed by atoms with Gasteiger partial charge in [0.05, 0.1) is 10.5 Å². The first-order valence-electron chi connectivity index (χ1n) is 6.49. The number of fused-ring (bicyclic) bond motifs is 1. The monoisotopic (exact) mass is 297 g/mol. The van der Waals surface area contributed by atoms with Gasteiger partial charge in [-0.2, -0.15) is 0 Å². The summed E-state index contributed by atoms with van der Waals surface area (Å²) in [6.45, 7) is -0.0535. The molecule has 0 aliphatic heterocycles. The van der Waals surface area contributed by atoms with Crippen molar-refractivity contribution in [2.24, 2.45) is 0 Å². The molecule has 0 atom stereocenters. The van der Waals surface area contributed by atoms with Gasteiger partial charge < -0.3 is 4.74 Å².